The van der Waals surface area contributed by atoms with Crippen LogP contribution in [0.1, 0.15) is 29.9 Å². The van der Waals surface area contributed by atoms with E-state index < -0.39 is 0 Å². The van der Waals surface area contributed by atoms with Crippen molar-refractivity contribution in [1.82, 2.24) is 9.97 Å². The number of anilines is 1. The Morgan fingerprint density at radius 1 is 1.31 bits per heavy atom. The van der Waals surface area contributed by atoms with Gasteiger partial charge in [-0.05, 0) is 33.6 Å². The lowest BCUT2D eigenvalue weighted by Crippen LogP contribution is -2.20. The molecular weight excluding hydrogens is 202 g/mol. The van der Waals surface area contributed by atoms with Crippen molar-refractivity contribution >= 4 is 5.82 Å². The largest absolute Gasteiger partial charge is 0.376 e. The highest BCUT2D eigenvalue weighted by Gasteiger charge is 2.15. The van der Waals surface area contributed by atoms with Crippen LogP contribution in [0.2, 0.25) is 0 Å². The molecular formula is C12H19N3O. The minimum atomic E-state index is 0.343. The van der Waals surface area contributed by atoms with E-state index in [1.165, 1.54) is 6.42 Å². The van der Waals surface area contributed by atoms with Gasteiger partial charge in [0.05, 0.1) is 6.10 Å². The number of hydrogen-bond donors (Lipinski definition) is 1. The number of ether oxygens (including phenoxy) is 1. The summed E-state index contributed by atoms with van der Waals surface area (Å²) in [5.74, 6) is 1.76. The Morgan fingerprint density at radius 2 is 2.12 bits per heavy atom. The average Bonchev–Trinajstić information content (AvgIpc) is 2.74. The lowest BCUT2D eigenvalue weighted by atomic mass is 10.2. The summed E-state index contributed by atoms with van der Waals surface area (Å²) < 4.78 is 5.57. The van der Waals surface area contributed by atoms with Gasteiger partial charge in [0.25, 0.3) is 0 Å². The molecule has 0 bridgehead atoms. The van der Waals surface area contributed by atoms with Crippen LogP contribution in [0.15, 0.2) is 0 Å². The first kappa shape index (κ1) is 11.3. The van der Waals surface area contributed by atoms with E-state index in [1.54, 1.807) is 0 Å². The van der Waals surface area contributed by atoms with E-state index in [0.29, 0.717) is 6.10 Å². The van der Waals surface area contributed by atoms with Crippen LogP contribution in [-0.2, 0) is 4.74 Å². The lowest BCUT2D eigenvalue weighted by Gasteiger charge is -2.14. The van der Waals surface area contributed by atoms with E-state index in [0.717, 1.165) is 42.5 Å². The lowest BCUT2D eigenvalue weighted by molar-refractivity contribution is 0.120. The van der Waals surface area contributed by atoms with Crippen LogP contribution in [0.5, 0.6) is 0 Å². The number of aryl methyl sites for hydroxylation is 2. The zero-order valence-electron chi connectivity index (χ0n) is 10.2. The smallest absolute Gasteiger partial charge is 0.132 e. The third kappa shape index (κ3) is 2.50. The molecule has 0 spiro atoms. The van der Waals surface area contributed by atoms with Crippen molar-refractivity contribution in [1.29, 1.82) is 0 Å². The molecule has 0 unspecified atom stereocenters. The molecule has 0 aliphatic carbocycles. The van der Waals surface area contributed by atoms with Crippen molar-refractivity contribution < 1.29 is 4.74 Å². The quantitative estimate of drug-likeness (QED) is 0.848. The first-order chi connectivity index (χ1) is 7.66. The molecule has 0 radical (unpaired) electrons. The molecule has 2 heterocycles. The van der Waals surface area contributed by atoms with Gasteiger partial charge in [0.15, 0.2) is 0 Å². The SMILES string of the molecule is Cc1nc(C)c(C)c(NC[C@H]2CCCO2)n1. The van der Waals surface area contributed by atoms with Crippen LogP contribution >= 0.6 is 0 Å². The first-order valence-corrected chi connectivity index (χ1v) is 5.84. The highest BCUT2D eigenvalue weighted by Crippen LogP contribution is 2.17. The fraction of sp³-hybridized carbons (Fsp3) is 0.667. The van der Waals surface area contributed by atoms with Crippen molar-refractivity contribution in [3.8, 4) is 0 Å². The Morgan fingerprint density at radius 3 is 2.81 bits per heavy atom. The van der Waals surface area contributed by atoms with Gasteiger partial charge < -0.3 is 10.1 Å². The predicted octanol–water partition coefficient (Wildman–Crippen LogP) is 1.99. The Balaban J connectivity index is 2.02. The molecule has 1 aliphatic rings. The normalized spacial score (nSPS) is 20.1. The molecule has 1 aromatic rings. The van der Waals surface area contributed by atoms with Gasteiger partial charge in [-0.15, -0.1) is 0 Å². The molecule has 4 nitrogen and oxygen atoms in total. The van der Waals surface area contributed by atoms with Crippen molar-refractivity contribution in [3.05, 3.63) is 17.1 Å². The Hall–Kier alpha value is -1.16. The van der Waals surface area contributed by atoms with E-state index in [2.05, 4.69) is 15.3 Å². The maximum atomic E-state index is 5.57. The van der Waals surface area contributed by atoms with E-state index in [9.17, 15) is 0 Å². The summed E-state index contributed by atoms with van der Waals surface area (Å²) in [4.78, 5) is 8.75. The molecule has 0 amide bonds. The molecule has 1 atom stereocenters. The number of aromatic nitrogens is 2. The molecule has 0 aromatic carbocycles. The van der Waals surface area contributed by atoms with Gasteiger partial charge in [0.2, 0.25) is 0 Å². The molecule has 4 heteroatoms. The second-order valence-corrected chi connectivity index (χ2v) is 4.35. The number of nitrogens with zero attached hydrogens (tertiary/aromatic N) is 2. The van der Waals surface area contributed by atoms with E-state index in [4.69, 9.17) is 4.74 Å². The first-order valence-electron chi connectivity index (χ1n) is 5.84. The number of nitrogens with one attached hydrogen (secondary N) is 1. The van der Waals surface area contributed by atoms with Crippen molar-refractivity contribution in [2.24, 2.45) is 0 Å². The maximum Gasteiger partial charge on any atom is 0.132 e. The predicted molar refractivity (Wildman–Crippen MR) is 63.7 cm³/mol. The zero-order chi connectivity index (χ0) is 11.5. The minimum Gasteiger partial charge on any atom is -0.376 e. The zero-order valence-corrected chi connectivity index (χ0v) is 10.2. The molecule has 1 aromatic heterocycles. The van der Waals surface area contributed by atoms with E-state index >= 15 is 0 Å². The van der Waals surface area contributed by atoms with Gasteiger partial charge >= 0.3 is 0 Å². The second kappa shape index (κ2) is 4.78. The summed E-state index contributed by atoms with van der Waals surface area (Å²) in [7, 11) is 0. The number of hydrogen-bond acceptors (Lipinski definition) is 4. The van der Waals surface area contributed by atoms with Gasteiger partial charge in [-0.1, -0.05) is 0 Å². The van der Waals surface area contributed by atoms with Crippen LogP contribution < -0.4 is 5.32 Å². The Kier molecular flexibility index (Phi) is 3.39. The highest BCUT2D eigenvalue weighted by molar-refractivity contribution is 5.45. The number of rotatable bonds is 3. The van der Waals surface area contributed by atoms with Crippen LogP contribution in [0.3, 0.4) is 0 Å². The third-order valence-electron chi connectivity index (χ3n) is 3.02. The van der Waals surface area contributed by atoms with Crippen molar-refractivity contribution in [3.63, 3.8) is 0 Å². The van der Waals surface area contributed by atoms with Crippen molar-refractivity contribution in [2.45, 2.75) is 39.7 Å². The van der Waals surface area contributed by atoms with Gasteiger partial charge in [0.1, 0.15) is 11.6 Å². The maximum absolute atomic E-state index is 5.57. The monoisotopic (exact) mass is 221 g/mol. The van der Waals surface area contributed by atoms with Gasteiger partial charge in [-0.3, -0.25) is 0 Å². The fourth-order valence-electron chi connectivity index (χ4n) is 1.96. The van der Waals surface area contributed by atoms with Crippen LogP contribution in [0.25, 0.3) is 0 Å². The average molecular weight is 221 g/mol. The summed E-state index contributed by atoms with van der Waals surface area (Å²) in [6.07, 6.45) is 2.66. The molecule has 0 saturated carbocycles. The Labute approximate surface area is 96.4 Å². The molecule has 1 aliphatic heterocycles. The van der Waals surface area contributed by atoms with Crippen LogP contribution in [0.4, 0.5) is 5.82 Å². The Bertz CT molecular complexity index is 373. The molecule has 88 valence electrons. The second-order valence-electron chi connectivity index (χ2n) is 4.35. The van der Waals surface area contributed by atoms with Gasteiger partial charge in [-0.25, -0.2) is 9.97 Å². The summed E-state index contributed by atoms with van der Waals surface area (Å²) >= 11 is 0. The fourth-order valence-corrected chi connectivity index (χ4v) is 1.96. The molecule has 16 heavy (non-hydrogen) atoms. The highest BCUT2D eigenvalue weighted by atomic mass is 16.5. The molecule has 1 N–H and O–H groups in total. The molecule has 2 rings (SSSR count). The summed E-state index contributed by atoms with van der Waals surface area (Å²) in [6, 6.07) is 0. The molecule has 1 saturated heterocycles. The minimum absolute atomic E-state index is 0.343. The summed E-state index contributed by atoms with van der Waals surface area (Å²) in [6.45, 7) is 7.72. The topological polar surface area (TPSA) is 47.0 Å². The van der Waals surface area contributed by atoms with Crippen LogP contribution in [-0.4, -0.2) is 29.2 Å². The van der Waals surface area contributed by atoms with Crippen molar-refractivity contribution in [2.75, 3.05) is 18.5 Å². The third-order valence-corrected chi connectivity index (χ3v) is 3.02. The van der Waals surface area contributed by atoms with Gasteiger partial charge in [0, 0.05) is 24.4 Å². The van der Waals surface area contributed by atoms with E-state index in [1.807, 2.05) is 20.8 Å². The standard InChI is InChI=1S/C12H19N3O/c1-8-9(2)14-10(3)15-12(8)13-7-11-5-4-6-16-11/h11H,4-7H2,1-3H3,(H,13,14,15)/t11-/m1/s1. The van der Waals surface area contributed by atoms with Gasteiger partial charge in [-0.2, -0.15) is 0 Å². The van der Waals surface area contributed by atoms with E-state index in [-0.39, 0.29) is 0 Å². The molecule has 1 fully saturated rings. The van der Waals surface area contributed by atoms with Crippen LogP contribution in [0, 0.1) is 20.8 Å². The summed E-state index contributed by atoms with van der Waals surface area (Å²) in [5, 5.41) is 3.36. The summed E-state index contributed by atoms with van der Waals surface area (Å²) in [5.41, 5.74) is 2.17.